The number of carboxylic acids is 1. The van der Waals surface area contributed by atoms with Crippen LogP contribution < -0.4 is 5.32 Å². The molecule has 0 aliphatic heterocycles. The van der Waals surface area contributed by atoms with Crippen LogP contribution in [-0.4, -0.2) is 28.4 Å². The fourth-order valence-electron chi connectivity index (χ4n) is 2.91. The van der Waals surface area contributed by atoms with E-state index in [0.29, 0.717) is 11.7 Å². The molecule has 0 heterocycles. The van der Waals surface area contributed by atoms with Gasteiger partial charge in [0, 0.05) is 10.1 Å². The van der Waals surface area contributed by atoms with Crippen molar-refractivity contribution in [3.05, 3.63) is 29.3 Å². The third kappa shape index (κ3) is 3.80. The van der Waals surface area contributed by atoms with E-state index in [0.717, 1.165) is 25.8 Å². The topological polar surface area (TPSA) is 49.3 Å². The van der Waals surface area contributed by atoms with Gasteiger partial charge in [-0.05, 0) is 57.7 Å². The zero-order chi connectivity index (χ0) is 15.5. The summed E-state index contributed by atoms with van der Waals surface area (Å²) in [5, 5.41) is 13.3. The van der Waals surface area contributed by atoms with E-state index in [2.05, 4.69) is 44.3 Å². The van der Waals surface area contributed by atoms with E-state index in [1.54, 1.807) is 0 Å². The molecule has 1 aliphatic rings. The van der Waals surface area contributed by atoms with Crippen LogP contribution in [0.5, 0.6) is 0 Å². The molecule has 1 saturated carbocycles. The minimum atomic E-state index is -0.717. The molecule has 2 unspecified atom stereocenters. The summed E-state index contributed by atoms with van der Waals surface area (Å²) in [6.45, 7) is 7.06. The van der Waals surface area contributed by atoms with Crippen LogP contribution in [0, 0.1) is 13.8 Å². The Balaban J connectivity index is 2.07. The van der Waals surface area contributed by atoms with Crippen LogP contribution in [-0.2, 0) is 4.79 Å². The van der Waals surface area contributed by atoms with Crippen LogP contribution >= 0.6 is 11.8 Å². The number of hydrogen-bond acceptors (Lipinski definition) is 3. The number of aliphatic carboxylic acids is 1. The van der Waals surface area contributed by atoms with Gasteiger partial charge >= 0.3 is 5.97 Å². The molecule has 0 aromatic heterocycles. The molecular formula is C17H25NO2S. The molecule has 21 heavy (non-hydrogen) atoms. The van der Waals surface area contributed by atoms with Crippen molar-refractivity contribution in [3.8, 4) is 0 Å². The number of benzene rings is 1. The normalized spacial score (nSPS) is 25.2. The lowest BCUT2D eigenvalue weighted by Gasteiger charge is -2.26. The summed E-state index contributed by atoms with van der Waals surface area (Å²) >= 11 is 1.84. The summed E-state index contributed by atoms with van der Waals surface area (Å²) in [6.07, 6.45) is 3.36. The first kappa shape index (κ1) is 16.4. The van der Waals surface area contributed by atoms with Crippen molar-refractivity contribution < 1.29 is 9.90 Å². The molecule has 0 saturated heterocycles. The number of rotatable bonds is 6. The van der Waals surface area contributed by atoms with Crippen molar-refractivity contribution in [1.82, 2.24) is 5.32 Å². The summed E-state index contributed by atoms with van der Waals surface area (Å²) in [6, 6.07) is 6.48. The summed E-state index contributed by atoms with van der Waals surface area (Å²) in [5.41, 5.74) is 1.82. The second-order valence-electron chi connectivity index (χ2n) is 6.07. The molecule has 2 atom stereocenters. The molecule has 116 valence electrons. The van der Waals surface area contributed by atoms with E-state index in [-0.39, 0.29) is 0 Å². The Hall–Kier alpha value is -1.00. The molecule has 0 amide bonds. The third-order valence-electron chi connectivity index (χ3n) is 4.23. The molecule has 0 bridgehead atoms. The van der Waals surface area contributed by atoms with Gasteiger partial charge in [0.05, 0.1) is 0 Å². The van der Waals surface area contributed by atoms with Crippen molar-refractivity contribution >= 4 is 17.7 Å². The molecule has 0 spiro atoms. The van der Waals surface area contributed by atoms with Crippen LogP contribution in [0.4, 0.5) is 0 Å². The van der Waals surface area contributed by atoms with Crippen LogP contribution in [0.3, 0.4) is 0 Å². The summed E-state index contributed by atoms with van der Waals surface area (Å²) in [5.74, 6) is -0.694. The SMILES string of the molecule is CCCNC1(C(=O)O)CCC(Sc2cc(C)ccc2C)C1. The molecule has 1 fully saturated rings. The number of aryl methyl sites for hydroxylation is 2. The monoisotopic (exact) mass is 307 g/mol. The number of carboxylic acid groups (broad SMARTS) is 1. The average molecular weight is 307 g/mol. The van der Waals surface area contributed by atoms with E-state index in [1.165, 1.54) is 16.0 Å². The Morgan fingerprint density at radius 1 is 1.48 bits per heavy atom. The van der Waals surface area contributed by atoms with Gasteiger partial charge in [-0.15, -0.1) is 11.8 Å². The van der Waals surface area contributed by atoms with Crippen molar-refractivity contribution in [3.63, 3.8) is 0 Å². The lowest BCUT2D eigenvalue weighted by Crippen LogP contribution is -2.50. The van der Waals surface area contributed by atoms with E-state index in [9.17, 15) is 9.90 Å². The highest BCUT2D eigenvalue weighted by atomic mass is 32.2. The zero-order valence-corrected chi connectivity index (χ0v) is 13.9. The lowest BCUT2D eigenvalue weighted by atomic mass is 9.98. The van der Waals surface area contributed by atoms with E-state index in [4.69, 9.17) is 0 Å². The Morgan fingerprint density at radius 2 is 2.24 bits per heavy atom. The number of nitrogens with one attached hydrogen (secondary N) is 1. The van der Waals surface area contributed by atoms with Crippen molar-refractivity contribution in [2.24, 2.45) is 0 Å². The van der Waals surface area contributed by atoms with Crippen molar-refractivity contribution in [2.45, 2.75) is 62.1 Å². The fourth-order valence-corrected chi connectivity index (χ4v) is 4.38. The Labute approximate surface area is 131 Å². The second-order valence-corrected chi connectivity index (χ2v) is 7.41. The van der Waals surface area contributed by atoms with Gasteiger partial charge in [-0.1, -0.05) is 24.6 Å². The molecule has 2 N–H and O–H groups in total. The highest BCUT2D eigenvalue weighted by Crippen LogP contribution is 2.41. The highest BCUT2D eigenvalue weighted by Gasteiger charge is 2.45. The number of carbonyl (C=O) groups is 1. The van der Waals surface area contributed by atoms with Crippen LogP contribution in [0.2, 0.25) is 0 Å². The van der Waals surface area contributed by atoms with Gasteiger partial charge in [0.25, 0.3) is 0 Å². The highest BCUT2D eigenvalue weighted by molar-refractivity contribution is 8.00. The minimum Gasteiger partial charge on any atom is -0.480 e. The Morgan fingerprint density at radius 3 is 2.90 bits per heavy atom. The predicted molar refractivity (Wildman–Crippen MR) is 88.1 cm³/mol. The van der Waals surface area contributed by atoms with E-state index < -0.39 is 11.5 Å². The largest absolute Gasteiger partial charge is 0.480 e. The predicted octanol–water partition coefficient (Wildman–Crippen LogP) is 3.77. The van der Waals surface area contributed by atoms with Gasteiger partial charge in [-0.25, -0.2) is 0 Å². The summed E-state index contributed by atoms with van der Waals surface area (Å²) < 4.78 is 0. The lowest BCUT2D eigenvalue weighted by molar-refractivity contribution is -0.144. The second kappa shape index (κ2) is 6.84. The average Bonchev–Trinajstić information content (AvgIpc) is 2.85. The first-order valence-electron chi connectivity index (χ1n) is 7.69. The van der Waals surface area contributed by atoms with Gasteiger partial charge in [-0.3, -0.25) is 4.79 Å². The molecule has 3 nitrogen and oxygen atoms in total. The maximum Gasteiger partial charge on any atom is 0.323 e. The quantitative estimate of drug-likeness (QED) is 0.840. The van der Waals surface area contributed by atoms with E-state index in [1.807, 2.05) is 11.8 Å². The molecular weight excluding hydrogens is 282 g/mol. The molecule has 0 radical (unpaired) electrons. The van der Waals surface area contributed by atoms with Crippen LogP contribution in [0.15, 0.2) is 23.1 Å². The maximum atomic E-state index is 11.7. The van der Waals surface area contributed by atoms with Gasteiger partial charge in [0.2, 0.25) is 0 Å². The molecule has 2 rings (SSSR count). The van der Waals surface area contributed by atoms with Gasteiger partial charge < -0.3 is 10.4 Å². The molecule has 1 aromatic carbocycles. The molecule has 1 aromatic rings. The zero-order valence-electron chi connectivity index (χ0n) is 13.1. The van der Waals surface area contributed by atoms with Crippen molar-refractivity contribution in [2.75, 3.05) is 6.54 Å². The van der Waals surface area contributed by atoms with Gasteiger partial charge in [-0.2, -0.15) is 0 Å². The van der Waals surface area contributed by atoms with E-state index >= 15 is 0 Å². The number of hydrogen-bond donors (Lipinski definition) is 2. The van der Waals surface area contributed by atoms with Crippen LogP contribution in [0.1, 0.15) is 43.7 Å². The van der Waals surface area contributed by atoms with Crippen molar-refractivity contribution in [1.29, 1.82) is 0 Å². The molecule has 4 heteroatoms. The summed E-state index contributed by atoms with van der Waals surface area (Å²) in [7, 11) is 0. The van der Waals surface area contributed by atoms with Gasteiger partial charge in [0.15, 0.2) is 0 Å². The maximum absolute atomic E-state index is 11.7. The minimum absolute atomic E-state index is 0.381. The first-order valence-corrected chi connectivity index (χ1v) is 8.57. The smallest absolute Gasteiger partial charge is 0.323 e. The van der Waals surface area contributed by atoms with Crippen LogP contribution in [0.25, 0.3) is 0 Å². The van der Waals surface area contributed by atoms with Gasteiger partial charge in [0.1, 0.15) is 5.54 Å². The Kier molecular flexibility index (Phi) is 5.33. The standard InChI is InChI=1S/C17H25NO2S/c1-4-9-18-17(16(19)20)8-7-14(11-17)21-15-10-12(2)5-6-13(15)3/h5-6,10,14,18H,4,7-9,11H2,1-3H3,(H,19,20). The third-order valence-corrected chi connectivity index (χ3v) is 5.66. The Bertz CT molecular complexity index is 518. The summed E-state index contributed by atoms with van der Waals surface area (Å²) in [4.78, 5) is 13.0. The fraction of sp³-hybridized carbons (Fsp3) is 0.588. The number of thioether (sulfide) groups is 1. The molecule has 1 aliphatic carbocycles. The first-order chi connectivity index (χ1) is 9.97.